The van der Waals surface area contributed by atoms with Crippen LogP contribution in [-0.4, -0.2) is 12.6 Å². The summed E-state index contributed by atoms with van der Waals surface area (Å²) in [6, 6.07) is 14.2. The van der Waals surface area contributed by atoms with Crippen LogP contribution in [0.3, 0.4) is 0 Å². The lowest BCUT2D eigenvalue weighted by Gasteiger charge is -2.08. The highest BCUT2D eigenvalue weighted by atomic mass is 16.5. The van der Waals surface area contributed by atoms with Crippen LogP contribution in [-0.2, 0) is 11.2 Å². The molecule has 0 spiro atoms. The molecule has 0 aliphatic heterocycles. The van der Waals surface area contributed by atoms with Crippen LogP contribution in [0.1, 0.15) is 41.3 Å². The molecule has 0 radical (unpaired) electrons. The van der Waals surface area contributed by atoms with Crippen molar-refractivity contribution in [3.63, 3.8) is 0 Å². The number of ether oxygens (including phenoxy) is 1. The number of hydrogen-bond acceptors (Lipinski definition) is 2. The molecule has 1 aliphatic carbocycles. The van der Waals surface area contributed by atoms with Crippen molar-refractivity contribution in [2.24, 2.45) is 0 Å². The minimum Gasteiger partial charge on any atom is -0.462 e. The zero-order chi connectivity index (χ0) is 13.9. The minimum atomic E-state index is -0.192. The van der Waals surface area contributed by atoms with E-state index in [0.717, 1.165) is 30.4 Å². The zero-order valence-electron chi connectivity index (χ0n) is 11.7. The van der Waals surface area contributed by atoms with Gasteiger partial charge in [-0.3, -0.25) is 0 Å². The number of esters is 1. The Balaban J connectivity index is 1.91. The third-order valence-electron chi connectivity index (χ3n) is 3.80. The Morgan fingerprint density at radius 3 is 2.75 bits per heavy atom. The molecule has 0 saturated carbocycles. The van der Waals surface area contributed by atoms with E-state index in [1.54, 1.807) is 0 Å². The molecule has 2 nitrogen and oxygen atoms in total. The van der Waals surface area contributed by atoms with Crippen LogP contribution in [0.2, 0.25) is 0 Å². The second-order valence-electron chi connectivity index (χ2n) is 5.16. The van der Waals surface area contributed by atoms with Crippen LogP contribution in [0.15, 0.2) is 42.5 Å². The standard InChI is InChI=1S/C18H18O2/c1-2-3-11-20-18(19)16-10-6-9-15-14-8-5-4-7-13(14)12-17(15)16/h4-10H,2-3,11-12H2,1H3. The van der Waals surface area contributed by atoms with Crippen molar-refractivity contribution in [3.8, 4) is 11.1 Å². The van der Waals surface area contributed by atoms with E-state index in [1.165, 1.54) is 16.7 Å². The van der Waals surface area contributed by atoms with Gasteiger partial charge in [0.15, 0.2) is 0 Å². The maximum atomic E-state index is 12.2. The lowest BCUT2D eigenvalue weighted by atomic mass is 10.0. The molecule has 0 aromatic heterocycles. The van der Waals surface area contributed by atoms with E-state index in [-0.39, 0.29) is 5.97 Å². The first-order chi connectivity index (χ1) is 9.81. The highest BCUT2D eigenvalue weighted by Gasteiger charge is 2.23. The smallest absolute Gasteiger partial charge is 0.338 e. The quantitative estimate of drug-likeness (QED) is 0.522. The molecule has 0 bridgehead atoms. The van der Waals surface area contributed by atoms with Gasteiger partial charge < -0.3 is 4.74 Å². The third kappa shape index (κ3) is 2.22. The Morgan fingerprint density at radius 2 is 1.90 bits per heavy atom. The molecule has 0 atom stereocenters. The van der Waals surface area contributed by atoms with Gasteiger partial charge in [0.25, 0.3) is 0 Å². The third-order valence-corrected chi connectivity index (χ3v) is 3.80. The van der Waals surface area contributed by atoms with Crippen molar-refractivity contribution in [2.45, 2.75) is 26.2 Å². The molecule has 2 heteroatoms. The molecule has 0 amide bonds. The fourth-order valence-corrected chi connectivity index (χ4v) is 2.74. The summed E-state index contributed by atoms with van der Waals surface area (Å²) >= 11 is 0. The largest absolute Gasteiger partial charge is 0.462 e. The molecule has 3 rings (SSSR count). The van der Waals surface area contributed by atoms with Crippen molar-refractivity contribution >= 4 is 5.97 Å². The van der Waals surface area contributed by atoms with Gasteiger partial charge in [0.05, 0.1) is 12.2 Å². The van der Waals surface area contributed by atoms with Crippen molar-refractivity contribution in [1.82, 2.24) is 0 Å². The first kappa shape index (κ1) is 12.9. The molecule has 102 valence electrons. The summed E-state index contributed by atoms with van der Waals surface area (Å²) in [6.45, 7) is 2.59. The summed E-state index contributed by atoms with van der Waals surface area (Å²) in [7, 11) is 0. The molecular formula is C18H18O2. The summed E-state index contributed by atoms with van der Waals surface area (Å²) < 4.78 is 5.35. The van der Waals surface area contributed by atoms with Crippen LogP contribution >= 0.6 is 0 Å². The fourth-order valence-electron chi connectivity index (χ4n) is 2.74. The van der Waals surface area contributed by atoms with Gasteiger partial charge >= 0.3 is 5.97 Å². The average Bonchev–Trinajstić information content (AvgIpc) is 2.86. The molecule has 1 aliphatic rings. The molecular weight excluding hydrogens is 248 g/mol. The van der Waals surface area contributed by atoms with Crippen molar-refractivity contribution in [1.29, 1.82) is 0 Å². The van der Waals surface area contributed by atoms with Crippen LogP contribution in [0.4, 0.5) is 0 Å². The van der Waals surface area contributed by atoms with E-state index in [4.69, 9.17) is 4.74 Å². The molecule has 0 N–H and O–H groups in total. The van der Waals surface area contributed by atoms with Crippen molar-refractivity contribution in [2.75, 3.05) is 6.61 Å². The van der Waals surface area contributed by atoms with Gasteiger partial charge in [-0.25, -0.2) is 4.79 Å². The van der Waals surface area contributed by atoms with Crippen LogP contribution in [0.25, 0.3) is 11.1 Å². The summed E-state index contributed by atoms with van der Waals surface area (Å²) in [5.74, 6) is -0.192. The van der Waals surface area contributed by atoms with Gasteiger partial charge in [0.2, 0.25) is 0 Å². The van der Waals surface area contributed by atoms with E-state index >= 15 is 0 Å². The van der Waals surface area contributed by atoms with Gasteiger partial charge in [-0.15, -0.1) is 0 Å². The first-order valence-corrected chi connectivity index (χ1v) is 7.18. The highest BCUT2D eigenvalue weighted by Crippen LogP contribution is 2.38. The van der Waals surface area contributed by atoms with Crippen LogP contribution in [0.5, 0.6) is 0 Å². The van der Waals surface area contributed by atoms with Gasteiger partial charge in [0.1, 0.15) is 0 Å². The van der Waals surface area contributed by atoms with Crippen LogP contribution < -0.4 is 0 Å². The molecule has 2 aromatic carbocycles. The Kier molecular flexibility index (Phi) is 3.55. The Hall–Kier alpha value is -2.09. The number of rotatable bonds is 4. The number of unbranched alkanes of at least 4 members (excludes halogenated alkanes) is 1. The second kappa shape index (κ2) is 5.49. The highest BCUT2D eigenvalue weighted by molar-refractivity contribution is 5.95. The van der Waals surface area contributed by atoms with Gasteiger partial charge in [-0.05, 0) is 41.2 Å². The van der Waals surface area contributed by atoms with Crippen molar-refractivity contribution < 1.29 is 9.53 Å². The van der Waals surface area contributed by atoms with E-state index in [2.05, 4.69) is 25.1 Å². The lowest BCUT2D eigenvalue weighted by molar-refractivity contribution is 0.0499. The number of benzene rings is 2. The van der Waals surface area contributed by atoms with Gasteiger partial charge in [0, 0.05) is 0 Å². The molecule has 0 heterocycles. The second-order valence-corrected chi connectivity index (χ2v) is 5.16. The van der Waals surface area contributed by atoms with Crippen molar-refractivity contribution in [3.05, 3.63) is 59.2 Å². The molecule has 20 heavy (non-hydrogen) atoms. The predicted molar refractivity (Wildman–Crippen MR) is 79.9 cm³/mol. The summed E-state index contributed by atoms with van der Waals surface area (Å²) in [5, 5.41) is 0. The van der Waals surface area contributed by atoms with E-state index in [1.807, 2.05) is 24.3 Å². The van der Waals surface area contributed by atoms with E-state index in [9.17, 15) is 4.79 Å². The molecule has 2 aromatic rings. The van der Waals surface area contributed by atoms with E-state index in [0.29, 0.717) is 6.61 Å². The normalized spacial score (nSPS) is 11.8. The molecule has 0 fully saturated rings. The number of carbonyl (C=O) groups is 1. The first-order valence-electron chi connectivity index (χ1n) is 7.18. The summed E-state index contributed by atoms with van der Waals surface area (Å²) in [4.78, 5) is 12.2. The van der Waals surface area contributed by atoms with Crippen LogP contribution in [0, 0.1) is 0 Å². The fraction of sp³-hybridized carbons (Fsp3) is 0.278. The maximum absolute atomic E-state index is 12.2. The molecule has 0 saturated heterocycles. The monoisotopic (exact) mass is 266 g/mol. The predicted octanol–water partition coefficient (Wildman–Crippen LogP) is 4.21. The summed E-state index contributed by atoms with van der Waals surface area (Å²) in [6.07, 6.45) is 2.77. The zero-order valence-corrected chi connectivity index (χ0v) is 11.7. The van der Waals surface area contributed by atoms with Gasteiger partial charge in [-0.1, -0.05) is 49.7 Å². The Bertz CT molecular complexity index is 644. The van der Waals surface area contributed by atoms with Gasteiger partial charge in [-0.2, -0.15) is 0 Å². The Labute approximate surface area is 119 Å². The number of hydrogen-bond donors (Lipinski definition) is 0. The molecule has 0 unspecified atom stereocenters. The number of carbonyl (C=O) groups excluding carboxylic acids is 1. The summed E-state index contributed by atoms with van der Waals surface area (Å²) in [5.41, 5.74) is 5.53. The average molecular weight is 266 g/mol. The SMILES string of the molecule is CCCCOC(=O)c1cccc2c1Cc1ccccc1-2. The minimum absolute atomic E-state index is 0.192. The topological polar surface area (TPSA) is 26.3 Å². The number of fused-ring (bicyclic) bond motifs is 3. The Morgan fingerprint density at radius 1 is 1.10 bits per heavy atom. The van der Waals surface area contributed by atoms with E-state index < -0.39 is 0 Å². The maximum Gasteiger partial charge on any atom is 0.338 e. The lowest BCUT2D eigenvalue weighted by Crippen LogP contribution is -2.09.